The Morgan fingerprint density at radius 2 is 2.05 bits per heavy atom. The number of unbranched alkanes of at least 4 members (excludes halogenated alkanes) is 1. The maximum absolute atomic E-state index is 12.0. The van der Waals surface area contributed by atoms with Gasteiger partial charge in [-0.25, -0.2) is 0 Å². The zero-order valence-corrected chi connectivity index (χ0v) is 10.5. The van der Waals surface area contributed by atoms with E-state index in [1.165, 1.54) is 0 Å². The molecule has 0 fully saturated rings. The van der Waals surface area contributed by atoms with Gasteiger partial charge < -0.3 is 15.4 Å². The lowest BCUT2D eigenvalue weighted by Gasteiger charge is -2.05. The molecule has 3 N–H and O–H groups in total. The van der Waals surface area contributed by atoms with Gasteiger partial charge in [-0.15, -0.1) is 0 Å². The Morgan fingerprint density at radius 3 is 2.84 bits per heavy atom. The first-order chi connectivity index (χ1) is 9.18. The topological polar surface area (TPSA) is 82.2 Å². The zero-order valence-electron chi connectivity index (χ0n) is 10.5. The molecule has 5 heteroatoms. The largest absolute Gasteiger partial charge is 0.481 e. The van der Waals surface area contributed by atoms with E-state index >= 15 is 0 Å². The minimum Gasteiger partial charge on any atom is -0.481 e. The molecular formula is C14H16N2O3. The van der Waals surface area contributed by atoms with Gasteiger partial charge >= 0.3 is 5.97 Å². The van der Waals surface area contributed by atoms with Crippen LogP contribution in [0.1, 0.15) is 29.6 Å². The van der Waals surface area contributed by atoms with E-state index < -0.39 is 5.97 Å². The second-order valence-corrected chi connectivity index (χ2v) is 4.35. The number of carboxylic acids is 1. The maximum atomic E-state index is 12.0. The minimum atomic E-state index is -0.802. The van der Waals surface area contributed by atoms with E-state index in [9.17, 15) is 9.59 Å². The van der Waals surface area contributed by atoms with E-state index in [1.807, 2.05) is 18.2 Å². The Morgan fingerprint density at radius 1 is 1.21 bits per heavy atom. The Bertz CT molecular complexity index is 589. The standard InChI is InChI=1S/C14H16N2O3/c17-13(18)6-1-2-8-16-14(19)11-4-3-5-12-10(11)7-9-15-12/h3-5,7,9,15H,1-2,6,8H2,(H,16,19)(H,17,18). The van der Waals surface area contributed by atoms with E-state index in [0.29, 0.717) is 24.9 Å². The Kier molecular flexibility index (Phi) is 4.18. The van der Waals surface area contributed by atoms with Gasteiger partial charge in [0.15, 0.2) is 0 Å². The molecule has 5 nitrogen and oxygen atoms in total. The highest BCUT2D eigenvalue weighted by Crippen LogP contribution is 2.17. The second kappa shape index (κ2) is 6.04. The second-order valence-electron chi connectivity index (χ2n) is 4.35. The molecule has 0 saturated heterocycles. The van der Waals surface area contributed by atoms with Crippen molar-refractivity contribution in [1.82, 2.24) is 10.3 Å². The fourth-order valence-corrected chi connectivity index (χ4v) is 1.98. The van der Waals surface area contributed by atoms with Crippen LogP contribution in [0, 0.1) is 0 Å². The number of amides is 1. The van der Waals surface area contributed by atoms with Gasteiger partial charge in [0.1, 0.15) is 0 Å². The average molecular weight is 260 g/mol. The predicted octanol–water partition coefficient (Wildman–Crippen LogP) is 2.15. The van der Waals surface area contributed by atoms with Crippen LogP contribution in [-0.2, 0) is 4.79 Å². The van der Waals surface area contributed by atoms with E-state index in [1.54, 1.807) is 12.3 Å². The number of rotatable bonds is 6. The molecule has 1 aromatic heterocycles. The minimum absolute atomic E-state index is 0.125. The number of hydrogen-bond acceptors (Lipinski definition) is 2. The van der Waals surface area contributed by atoms with Crippen LogP contribution in [0.3, 0.4) is 0 Å². The van der Waals surface area contributed by atoms with Crippen LogP contribution in [0.5, 0.6) is 0 Å². The molecule has 2 rings (SSSR count). The summed E-state index contributed by atoms with van der Waals surface area (Å²) in [5.74, 6) is -0.927. The summed E-state index contributed by atoms with van der Waals surface area (Å²) < 4.78 is 0. The third-order valence-electron chi connectivity index (χ3n) is 2.94. The number of aromatic nitrogens is 1. The molecule has 0 atom stereocenters. The summed E-state index contributed by atoms with van der Waals surface area (Å²) in [7, 11) is 0. The van der Waals surface area contributed by atoms with Crippen LogP contribution in [0.25, 0.3) is 10.9 Å². The average Bonchev–Trinajstić information content (AvgIpc) is 2.85. The highest BCUT2D eigenvalue weighted by atomic mass is 16.4. The number of aliphatic carboxylic acids is 1. The van der Waals surface area contributed by atoms with Crippen molar-refractivity contribution in [3.63, 3.8) is 0 Å². The summed E-state index contributed by atoms with van der Waals surface area (Å²) in [6, 6.07) is 7.40. The summed E-state index contributed by atoms with van der Waals surface area (Å²) in [4.78, 5) is 25.4. The van der Waals surface area contributed by atoms with Gasteiger partial charge in [-0.05, 0) is 31.0 Å². The monoisotopic (exact) mass is 260 g/mol. The molecule has 0 unspecified atom stereocenters. The summed E-state index contributed by atoms with van der Waals surface area (Å²) >= 11 is 0. The molecule has 0 aliphatic carbocycles. The van der Waals surface area contributed by atoms with Crippen LogP contribution in [0.4, 0.5) is 0 Å². The van der Waals surface area contributed by atoms with Crippen molar-refractivity contribution in [3.05, 3.63) is 36.0 Å². The third kappa shape index (κ3) is 3.34. The SMILES string of the molecule is O=C(O)CCCCNC(=O)c1cccc2[nH]ccc12. The molecule has 0 aliphatic heterocycles. The molecule has 19 heavy (non-hydrogen) atoms. The van der Waals surface area contributed by atoms with Crippen molar-refractivity contribution < 1.29 is 14.7 Å². The molecular weight excluding hydrogens is 244 g/mol. The molecule has 100 valence electrons. The molecule has 2 aromatic rings. The Hall–Kier alpha value is -2.30. The molecule has 1 amide bonds. The van der Waals surface area contributed by atoms with E-state index in [4.69, 9.17) is 5.11 Å². The van der Waals surface area contributed by atoms with Crippen LogP contribution in [-0.4, -0.2) is 28.5 Å². The van der Waals surface area contributed by atoms with Gasteiger partial charge in [0.25, 0.3) is 5.91 Å². The molecule has 1 aromatic carbocycles. The number of aromatic amines is 1. The third-order valence-corrected chi connectivity index (χ3v) is 2.94. The number of H-pyrrole nitrogens is 1. The first-order valence-corrected chi connectivity index (χ1v) is 6.24. The van der Waals surface area contributed by atoms with Gasteiger partial charge in [-0.2, -0.15) is 0 Å². The summed E-state index contributed by atoms with van der Waals surface area (Å²) in [6.07, 6.45) is 3.18. The highest BCUT2D eigenvalue weighted by Gasteiger charge is 2.09. The van der Waals surface area contributed by atoms with Crippen molar-refractivity contribution >= 4 is 22.8 Å². The number of hydrogen-bond donors (Lipinski definition) is 3. The number of carbonyl (C=O) groups is 2. The fourth-order valence-electron chi connectivity index (χ4n) is 1.98. The van der Waals surface area contributed by atoms with E-state index in [2.05, 4.69) is 10.3 Å². The number of carbonyl (C=O) groups excluding carboxylic acids is 1. The fraction of sp³-hybridized carbons (Fsp3) is 0.286. The zero-order chi connectivity index (χ0) is 13.7. The number of benzene rings is 1. The number of carboxylic acid groups (broad SMARTS) is 1. The highest BCUT2D eigenvalue weighted by molar-refractivity contribution is 6.06. The van der Waals surface area contributed by atoms with Gasteiger partial charge in [0.2, 0.25) is 0 Å². The first kappa shape index (κ1) is 13.1. The van der Waals surface area contributed by atoms with Crippen LogP contribution in [0.15, 0.2) is 30.5 Å². The number of fused-ring (bicyclic) bond motifs is 1. The lowest BCUT2D eigenvalue weighted by atomic mass is 10.1. The predicted molar refractivity (Wildman–Crippen MR) is 72.1 cm³/mol. The summed E-state index contributed by atoms with van der Waals surface area (Å²) in [6.45, 7) is 0.493. The van der Waals surface area contributed by atoms with E-state index in [0.717, 1.165) is 10.9 Å². The van der Waals surface area contributed by atoms with Gasteiger partial charge in [0, 0.05) is 35.6 Å². The van der Waals surface area contributed by atoms with Crippen molar-refractivity contribution in [2.24, 2.45) is 0 Å². The molecule has 0 spiro atoms. The van der Waals surface area contributed by atoms with Gasteiger partial charge in [0.05, 0.1) is 0 Å². The lowest BCUT2D eigenvalue weighted by Crippen LogP contribution is -2.24. The summed E-state index contributed by atoms with van der Waals surface area (Å²) in [5.41, 5.74) is 1.57. The molecule has 0 radical (unpaired) electrons. The van der Waals surface area contributed by atoms with Crippen molar-refractivity contribution in [1.29, 1.82) is 0 Å². The normalized spacial score (nSPS) is 10.5. The van der Waals surface area contributed by atoms with Crippen LogP contribution < -0.4 is 5.32 Å². The van der Waals surface area contributed by atoms with Crippen LogP contribution in [0.2, 0.25) is 0 Å². The smallest absolute Gasteiger partial charge is 0.303 e. The molecule has 0 bridgehead atoms. The van der Waals surface area contributed by atoms with E-state index in [-0.39, 0.29) is 12.3 Å². The molecule has 0 saturated carbocycles. The van der Waals surface area contributed by atoms with Crippen molar-refractivity contribution in [2.75, 3.05) is 6.54 Å². The number of nitrogens with one attached hydrogen (secondary N) is 2. The Labute approximate surface area is 110 Å². The van der Waals surface area contributed by atoms with Gasteiger partial charge in [-0.3, -0.25) is 9.59 Å². The van der Waals surface area contributed by atoms with Crippen molar-refractivity contribution in [3.8, 4) is 0 Å². The maximum Gasteiger partial charge on any atom is 0.303 e. The lowest BCUT2D eigenvalue weighted by molar-refractivity contribution is -0.137. The quantitative estimate of drug-likeness (QED) is 0.696. The molecule has 0 aliphatic rings. The van der Waals surface area contributed by atoms with Gasteiger partial charge in [-0.1, -0.05) is 6.07 Å². The first-order valence-electron chi connectivity index (χ1n) is 6.24. The van der Waals surface area contributed by atoms with Crippen molar-refractivity contribution in [2.45, 2.75) is 19.3 Å². The van der Waals surface area contributed by atoms with Crippen LogP contribution >= 0.6 is 0 Å². The molecule has 1 heterocycles. The summed E-state index contributed by atoms with van der Waals surface area (Å²) in [5, 5.41) is 12.2. The Balaban J connectivity index is 1.90.